The average molecular weight is 367 g/mol. The smallest absolute Gasteiger partial charge is 0.303 e. The Bertz CT molecular complexity index is 329. The van der Waals surface area contributed by atoms with Crippen LogP contribution in [0.2, 0.25) is 0 Å². The number of rotatable bonds is 20. The first-order chi connectivity index (χ1) is 12.6. The summed E-state index contributed by atoms with van der Waals surface area (Å²) in [6.45, 7) is 4.38. The van der Waals surface area contributed by atoms with Gasteiger partial charge in [-0.05, 0) is 33.1 Å². The SMILES string of the molecule is CC(C)=CCCCCCCCCCCCCCCCCCCCC(=O)O. The van der Waals surface area contributed by atoms with Gasteiger partial charge >= 0.3 is 5.97 Å². The Morgan fingerprint density at radius 1 is 0.577 bits per heavy atom. The molecule has 26 heavy (non-hydrogen) atoms. The van der Waals surface area contributed by atoms with Crippen LogP contribution in [0.3, 0.4) is 0 Å². The van der Waals surface area contributed by atoms with Crippen LogP contribution >= 0.6 is 0 Å². The number of unbranched alkanes of at least 4 members (excludes halogenated alkanes) is 17. The Morgan fingerprint density at radius 3 is 1.19 bits per heavy atom. The topological polar surface area (TPSA) is 37.3 Å². The van der Waals surface area contributed by atoms with Crippen molar-refractivity contribution in [1.29, 1.82) is 0 Å². The molecule has 0 aliphatic heterocycles. The molecule has 1 N–H and O–H groups in total. The van der Waals surface area contributed by atoms with Gasteiger partial charge in [0.05, 0.1) is 0 Å². The van der Waals surface area contributed by atoms with Gasteiger partial charge in [-0.15, -0.1) is 0 Å². The minimum Gasteiger partial charge on any atom is -0.481 e. The van der Waals surface area contributed by atoms with Gasteiger partial charge in [-0.25, -0.2) is 0 Å². The van der Waals surface area contributed by atoms with E-state index >= 15 is 0 Å². The molecule has 0 aliphatic carbocycles. The molecule has 0 aromatic carbocycles. The molecule has 0 aromatic rings. The first-order valence-electron chi connectivity index (χ1n) is 11.5. The summed E-state index contributed by atoms with van der Waals surface area (Å²) < 4.78 is 0. The fourth-order valence-corrected chi connectivity index (χ4v) is 3.46. The lowest BCUT2D eigenvalue weighted by atomic mass is 10.0. The molecule has 0 aromatic heterocycles. The van der Waals surface area contributed by atoms with Crippen molar-refractivity contribution in [3.63, 3.8) is 0 Å². The molecular formula is C24H46O2. The lowest BCUT2D eigenvalue weighted by Crippen LogP contribution is -1.93. The Balaban J connectivity index is 3.03. The van der Waals surface area contributed by atoms with Crippen molar-refractivity contribution in [1.82, 2.24) is 0 Å². The Labute approximate surface area is 163 Å². The third kappa shape index (κ3) is 23.2. The van der Waals surface area contributed by atoms with Gasteiger partial charge in [-0.1, -0.05) is 108 Å². The highest BCUT2D eigenvalue weighted by Crippen LogP contribution is 2.14. The number of carboxylic acids is 1. The molecule has 0 saturated heterocycles. The highest BCUT2D eigenvalue weighted by atomic mass is 16.4. The van der Waals surface area contributed by atoms with Gasteiger partial charge in [0, 0.05) is 6.42 Å². The molecule has 0 bridgehead atoms. The van der Waals surface area contributed by atoms with E-state index < -0.39 is 5.97 Å². The van der Waals surface area contributed by atoms with Gasteiger partial charge in [-0.2, -0.15) is 0 Å². The minimum absolute atomic E-state index is 0.344. The molecule has 0 saturated carbocycles. The zero-order chi connectivity index (χ0) is 19.3. The summed E-state index contributed by atoms with van der Waals surface area (Å²) in [6, 6.07) is 0. The lowest BCUT2D eigenvalue weighted by Gasteiger charge is -2.03. The van der Waals surface area contributed by atoms with E-state index in [1.165, 1.54) is 108 Å². The summed E-state index contributed by atoms with van der Waals surface area (Å²) in [4.78, 5) is 10.4. The third-order valence-electron chi connectivity index (χ3n) is 5.15. The van der Waals surface area contributed by atoms with E-state index in [1.54, 1.807) is 0 Å². The van der Waals surface area contributed by atoms with Gasteiger partial charge in [0.2, 0.25) is 0 Å². The molecule has 154 valence electrons. The number of allylic oxidation sites excluding steroid dienone is 2. The van der Waals surface area contributed by atoms with Gasteiger partial charge in [0.25, 0.3) is 0 Å². The summed E-state index contributed by atoms with van der Waals surface area (Å²) >= 11 is 0. The van der Waals surface area contributed by atoms with Crippen molar-refractivity contribution in [2.75, 3.05) is 0 Å². The summed E-state index contributed by atoms with van der Waals surface area (Å²) in [5.41, 5.74) is 1.46. The maximum atomic E-state index is 10.4. The number of aliphatic carboxylic acids is 1. The van der Waals surface area contributed by atoms with Crippen molar-refractivity contribution in [3.8, 4) is 0 Å². The Morgan fingerprint density at radius 2 is 0.885 bits per heavy atom. The molecule has 0 fully saturated rings. The number of carboxylic acid groups (broad SMARTS) is 1. The van der Waals surface area contributed by atoms with E-state index in [9.17, 15) is 4.79 Å². The summed E-state index contributed by atoms with van der Waals surface area (Å²) in [6.07, 6.45) is 26.7. The standard InChI is InChI=1S/C24H46O2/c1-23(2)21-19-17-15-13-11-9-7-5-3-4-6-8-10-12-14-16-18-20-22-24(25)26/h21H,3-20,22H2,1-2H3,(H,25,26). The highest BCUT2D eigenvalue weighted by molar-refractivity contribution is 5.66. The van der Waals surface area contributed by atoms with Crippen LogP contribution in [-0.4, -0.2) is 11.1 Å². The molecule has 0 radical (unpaired) electrons. The molecular weight excluding hydrogens is 320 g/mol. The molecule has 0 heterocycles. The average Bonchev–Trinajstić information content (AvgIpc) is 2.59. The Hall–Kier alpha value is -0.790. The molecule has 0 aliphatic rings. The molecule has 0 amide bonds. The second-order valence-corrected chi connectivity index (χ2v) is 8.22. The minimum atomic E-state index is -0.653. The summed E-state index contributed by atoms with van der Waals surface area (Å²) in [7, 11) is 0. The second kappa shape index (κ2) is 20.5. The summed E-state index contributed by atoms with van der Waals surface area (Å²) in [5.74, 6) is -0.653. The van der Waals surface area contributed by atoms with Crippen LogP contribution in [0.25, 0.3) is 0 Å². The zero-order valence-electron chi connectivity index (χ0n) is 17.9. The fourth-order valence-electron chi connectivity index (χ4n) is 3.46. The highest BCUT2D eigenvalue weighted by Gasteiger charge is 1.97. The molecule has 0 rings (SSSR count). The molecule has 0 spiro atoms. The first kappa shape index (κ1) is 25.2. The van der Waals surface area contributed by atoms with Gasteiger partial charge in [-0.3, -0.25) is 4.79 Å². The van der Waals surface area contributed by atoms with E-state index in [1.807, 2.05) is 0 Å². The van der Waals surface area contributed by atoms with E-state index in [-0.39, 0.29) is 0 Å². The van der Waals surface area contributed by atoms with E-state index in [4.69, 9.17) is 5.11 Å². The lowest BCUT2D eigenvalue weighted by molar-refractivity contribution is -0.137. The van der Waals surface area contributed by atoms with Crippen molar-refractivity contribution in [3.05, 3.63) is 11.6 Å². The number of hydrogen-bond donors (Lipinski definition) is 1. The quantitative estimate of drug-likeness (QED) is 0.173. The predicted octanol–water partition coefficient (Wildman–Crippen LogP) is 8.45. The molecule has 2 nitrogen and oxygen atoms in total. The van der Waals surface area contributed by atoms with Crippen molar-refractivity contribution in [2.45, 2.75) is 136 Å². The second-order valence-electron chi connectivity index (χ2n) is 8.22. The van der Waals surface area contributed by atoms with E-state index in [0.29, 0.717) is 6.42 Å². The van der Waals surface area contributed by atoms with Crippen LogP contribution in [-0.2, 0) is 4.79 Å². The normalized spacial score (nSPS) is 10.8. The largest absolute Gasteiger partial charge is 0.481 e. The van der Waals surface area contributed by atoms with Crippen molar-refractivity contribution in [2.24, 2.45) is 0 Å². The van der Waals surface area contributed by atoms with Gasteiger partial charge in [0.1, 0.15) is 0 Å². The monoisotopic (exact) mass is 366 g/mol. The molecule has 0 unspecified atom stereocenters. The molecule has 0 atom stereocenters. The van der Waals surface area contributed by atoms with Crippen molar-refractivity contribution < 1.29 is 9.90 Å². The summed E-state index contributed by atoms with van der Waals surface area (Å²) in [5, 5.41) is 8.57. The van der Waals surface area contributed by atoms with Crippen LogP contribution in [0.4, 0.5) is 0 Å². The fraction of sp³-hybridized carbons (Fsp3) is 0.875. The van der Waals surface area contributed by atoms with E-state index in [2.05, 4.69) is 19.9 Å². The number of hydrogen-bond acceptors (Lipinski definition) is 1. The first-order valence-corrected chi connectivity index (χ1v) is 11.5. The third-order valence-corrected chi connectivity index (χ3v) is 5.15. The zero-order valence-corrected chi connectivity index (χ0v) is 17.9. The van der Waals surface area contributed by atoms with Crippen LogP contribution in [0.1, 0.15) is 136 Å². The number of carbonyl (C=O) groups is 1. The van der Waals surface area contributed by atoms with Crippen LogP contribution < -0.4 is 0 Å². The van der Waals surface area contributed by atoms with Crippen LogP contribution in [0.15, 0.2) is 11.6 Å². The maximum absolute atomic E-state index is 10.4. The van der Waals surface area contributed by atoms with Crippen LogP contribution in [0.5, 0.6) is 0 Å². The van der Waals surface area contributed by atoms with Crippen molar-refractivity contribution >= 4 is 5.97 Å². The van der Waals surface area contributed by atoms with Crippen LogP contribution in [0, 0.1) is 0 Å². The predicted molar refractivity (Wildman–Crippen MR) is 115 cm³/mol. The Kier molecular flexibility index (Phi) is 19.9. The molecule has 2 heteroatoms. The van der Waals surface area contributed by atoms with Gasteiger partial charge < -0.3 is 5.11 Å². The van der Waals surface area contributed by atoms with E-state index in [0.717, 1.165) is 12.8 Å². The maximum Gasteiger partial charge on any atom is 0.303 e. The van der Waals surface area contributed by atoms with Gasteiger partial charge in [0.15, 0.2) is 0 Å².